The van der Waals surface area contributed by atoms with Crippen LogP contribution in [-0.2, 0) is 6.54 Å². The van der Waals surface area contributed by atoms with Crippen molar-refractivity contribution in [2.45, 2.75) is 51.1 Å². The lowest BCUT2D eigenvalue weighted by molar-refractivity contribution is 0.0928. The van der Waals surface area contributed by atoms with Crippen molar-refractivity contribution in [2.24, 2.45) is 0 Å². The summed E-state index contributed by atoms with van der Waals surface area (Å²) < 4.78 is 0. The van der Waals surface area contributed by atoms with Crippen LogP contribution in [0, 0.1) is 0 Å². The Morgan fingerprint density at radius 3 is 2.52 bits per heavy atom. The van der Waals surface area contributed by atoms with Gasteiger partial charge in [0.15, 0.2) is 0 Å². The van der Waals surface area contributed by atoms with Crippen LogP contribution in [0.1, 0.15) is 64.9 Å². The Balaban J connectivity index is 1.61. The second kappa shape index (κ2) is 9.51. The summed E-state index contributed by atoms with van der Waals surface area (Å²) in [5.74, 6) is -0.483. The third-order valence-electron chi connectivity index (χ3n) is 4.84. The minimum Gasteiger partial charge on any atom is -0.348 e. The summed E-state index contributed by atoms with van der Waals surface area (Å²) in [6.07, 6.45) is 8.24. The summed E-state index contributed by atoms with van der Waals surface area (Å²) in [6.45, 7) is 0.324. The van der Waals surface area contributed by atoms with Gasteiger partial charge in [-0.1, -0.05) is 55.5 Å². The van der Waals surface area contributed by atoms with Crippen molar-refractivity contribution in [2.75, 3.05) is 0 Å². The zero-order chi connectivity index (χ0) is 19.1. The first-order chi connectivity index (χ1) is 13.1. The Hall–Kier alpha value is -2.40. The number of benzene rings is 1. The Kier molecular flexibility index (Phi) is 6.82. The van der Waals surface area contributed by atoms with E-state index < -0.39 is 0 Å². The molecule has 1 heterocycles. The maximum Gasteiger partial charge on any atom is 0.270 e. The lowest BCUT2D eigenvalue weighted by atomic mass is 10.1. The van der Waals surface area contributed by atoms with Gasteiger partial charge in [-0.15, -0.1) is 0 Å². The number of hydrogen-bond donors (Lipinski definition) is 2. The third-order valence-corrected chi connectivity index (χ3v) is 5.21. The van der Waals surface area contributed by atoms with Crippen molar-refractivity contribution < 1.29 is 9.59 Å². The molecule has 6 heteroatoms. The second-order valence-corrected chi connectivity index (χ2v) is 7.27. The third kappa shape index (κ3) is 5.54. The molecule has 1 aromatic carbocycles. The van der Waals surface area contributed by atoms with E-state index in [0.717, 1.165) is 31.2 Å². The van der Waals surface area contributed by atoms with Gasteiger partial charge in [-0.25, -0.2) is 0 Å². The van der Waals surface area contributed by atoms with E-state index in [9.17, 15) is 9.59 Å². The first-order valence-corrected chi connectivity index (χ1v) is 9.80. The Bertz CT molecular complexity index is 802. The highest BCUT2D eigenvalue weighted by atomic mass is 35.5. The van der Waals surface area contributed by atoms with E-state index in [2.05, 4.69) is 15.6 Å². The van der Waals surface area contributed by atoms with Gasteiger partial charge < -0.3 is 10.6 Å². The molecule has 0 bridgehead atoms. The van der Waals surface area contributed by atoms with E-state index in [1.54, 1.807) is 12.1 Å². The Morgan fingerprint density at radius 1 is 1.04 bits per heavy atom. The van der Waals surface area contributed by atoms with Gasteiger partial charge >= 0.3 is 0 Å². The number of carbonyl (C=O) groups excluding carboxylic acids is 2. The quantitative estimate of drug-likeness (QED) is 0.760. The highest BCUT2D eigenvalue weighted by molar-refractivity contribution is 6.31. The molecule has 0 radical (unpaired) electrons. The van der Waals surface area contributed by atoms with E-state index in [0.29, 0.717) is 17.1 Å². The van der Waals surface area contributed by atoms with Crippen molar-refractivity contribution in [1.29, 1.82) is 0 Å². The molecule has 0 atom stereocenters. The van der Waals surface area contributed by atoms with Crippen LogP contribution in [0.25, 0.3) is 0 Å². The zero-order valence-electron chi connectivity index (χ0n) is 15.2. The average Bonchev–Trinajstić information content (AvgIpc) is 2.96. The molecule has 2 N–H and O–H groups in total. The minimum atomic E-state index is -0.263. The molecule has 1 aliphatic rings. The van der Waals surface area contributed by atoms with E-state index in [1.807, 2.05) is 18.2 Å². The topological polar surface area (TPSA) is 71.1 Å². The molecule has 1 aliphatic carbocycles. The first-order valence-electron chi connectivity index (χ1n) is 9.42. The Labute approximate surface area is 164 Å². The molecular weight excluding hydrogens is 362 g/mol. The zero-order valence-corrected chi connectivity index (χ0v) is 16.0. The van der Waals surface area contributed by atoms with Gasteiger partial charge in [-0.2, -0.15) is 0 Å². The van der Waals surface area contributed by atoms with Crippen LogP contribution in [-0.4, -0.2) is 22.8 Å². The van der Waals surface area contributed by atoms with Gasteiger partial charge in [0, 0.05) is 29.4 Å². The number of nitrogens with one attached hydrogen (secondary N) is 2. The maximum atomic E-state index is 12.5. The van der Waals surface area contributed by atoms with Gasteiger partial charge in [0.2, 0.25) is 0 Å². The fourth-order valence-corrected chi connectivity index (χ4v) is 3.50. The molecule has 0 saturated heterocycles. The first kappa shape index (κ1) is 19.4. The molecule has 1 aromatic heterocycles. The summed E-state index contributed by atoms with van der Waals surface area (Å²) in [7, 11) is 0. The fourth-order valence-electron chi connectivity index (χ4n) is 3.30. The molecule has 2 amide bonds. The largest absolute Gasteiger partial charge is 0.348 e. The van der Waals surface area contributed by atoms with Crippen molar-refractivity contribution in [3.05, 3.63) is 64.4 Å². The van der Waals surface area contributed by atoms with Gasteiger partial charge in [0.05, 0.1) is 0 Å². The predicted molar refractivity (Wildman–Crippen MR) is 106 cm³/mol. The van der Waals surface area contributed by atoms with E-state index in [-0.39, 0.29) is 23.6 Å². The lowest BCUT2D eigenvalue weighted by Crippen LogP contribution is -2.35. The molecule has 0 unspecified atom stereocenters. The number of halogens is 1. The van der Waals surface area contributed by atoms with E-state index in [1.165, 1.54) is 25.1 Å². The number of rotatable bonds is 5. The highest BCUT2D eigenvalue weighted by Gasteiger charge is 2.17. The molecular formula is C21H24ClN3O2. The summed E-state index contributed by atoms with van der Waals surface area (Å²) in [5.41, 5.74) is 1.51. The number of amides is 2. The monoisotopic (exact) mass is 385 g/mol. The van der Waals surface area contributed by atoms with Gasteiger partial charge in [0.25, 0.3) is 11.8 Å². The predicted octanol–water partition coefficient (Wildman–Crippen LogP) is 4.12. The van der Waals surface area contributed by atoms with Crippen LogP contribution >= 0.6 is 11.6 Å². The average molecular weight is 386 g/mol. The van der Waals surface area contributed by atoms with Crippen molar-refractivity contribution >= 4 is 23.4 Å². The number of pyridine rings is 1. The normalized spacial score (nSPS) is 15.0. The molecule has 1 saturated carbocycles. The van der Waals surface area contributed by atoms with Crippen LogP contribution in [0.2, 0.25) is 5.02 Å². The fraction of sp³-hybridized carbons (Fsp3) is 0.381. The van der Waals surface area contributed by atoms with E-state index in [4.69, 9.17) is 11.6 Å². The summed E-state index contributed by atoms with van der Waals surface area (Å²) in [6, 6.07) is 10.7. The van der Waals surface area contributed by atoms with Crippen LogP contribution < -0.4 is 10.6 Å². The van der Waals surface area contributed by atoms with Crippen molar-refractivity contribution in [3.63, 3.8) is 0 Å². The van der Waals surface area contributed by atoms with Crippen molar-refractivity contribution in [1.82, 2.24) is 15.6 Å². The number of aromatic nitrogens is 1. The molecule has 1 fully saturated rings. The SMILES string of the molecule is O=C(NCc1ccccc1Cl)c1ccnc(C(=O)NC2CCCCCC2)c1. The lowest BCUT2D eigenvalue weighted by Gasteiger charge is -2.16. The van der Waals surface area contributed by atoms with Crippen LogP contribution in [0.5, 0.6) is 0 Å². The van der Waals surface area contributed by atoms with Crippen molar-refractivity contribution in [3.8, 4) is 0 Å². The van der Waals surface area contributed by atoms with Crippen LogP contribution in [0.15, 0.2) is 42.6 Å². The number of hydrogen-bond acceptors (Lipinski definition) is 3. The minimum absolute atomic E-state index is 0.194. The highest BCUT2D eigenvalue weighted by Crippen LogP contribution is 2.18. The standard InChI is InChI=1S/C21H24ClN3O2/c22-18-10-6-5-7-16(18)14-24-20(26)15-11-12-23-19(13-15)21(27)25-17-8-3-1-2-4-9-17/h5-7,10-13,17H,1-4,8-9,14H2,(H,24,26)(H,25,27). The molecule has 27 heavy (non-hydrogen) atoms. The maximum absolute atomic E-state index is 12.5. The number of nitrogens with zero attached hydrogens (tertiary/aromatic N) is 1. The molecule has 3 rings (SSSR count). The Morgan fingerprint density at radius 2 is 1.78 bits per heavy atom. The summed E-state index contributed by atoms with van der Waals surface area (Å²) >= 11 is 6.11. The van der Waals surface area contributed by atoms with Gasteiger partial charge in [0.1, 0.15) is 5.69 Å². The van der Waals surface area contributed by atoms with E-state index >= 15 is 0 Å². The summed E-state index contributed by atoms with van der Waals surface area (Å²) in [4.78, 5) is 29.1. The molecule has 5 nitrogen and oxygen atoms in total. The number of carbonyl (C=O) groups is 2. The molecule has 142 valence electrons. The summed E-state index contributed by atoms with van der Waals surface area (Å²) in [5, 5.41) is 6.49. The van der Waals surface area contributed by atoms with Crippen LogP contribution in [0.3, 0.4) is 0 Å². The van der Waals surface area contributed by atoms with Gasteiger partial charge in [-0.3, -0.25) is 14.6 Å². The molecule has 0 aliphatic heterocycles. The van der Waals surface area contributed by atoms with Gasteiger partial charge in [-0.05, 0) is 36.6 Å². The van der Waals surface area contributed by atoms with Crippen LogP contribution in [0.4, 0.5) is 0 Å². The smallest absolute Gasteiger partial charge is 0.270 e. The second-order valence-electron chi connectivity index (χ2n) is 6.87. The molecule has 0 spiro atoms. The molecule has 2 aromatic rings.